The molecule has 0 fully saturated rings. The first kappa shape index (κ1) is 14.2. The van der Waals surface area contributed by atoms with E-state index in [4.69, 9.17) is 4.98 Å². The van der Waals surface area contributed by atoms with E-state index in [1.165, 1.54) is 32.5 Å². The highest BCUT2D eigenvalue weighted by Crippen LogP contribution is 2.28. The van der Waals surface area contributed by atoms with E-state index in [9.17, 15) is 0 Å². The minimum atomic E-state index is 0.843. The molecule has 0 unspecified atom stereocenters. The van der Waals surface area contributed by atoms with Crippen LogP contribution in [0.1, 0.15) is 11.3 Å². The quantitative estimate of drug-likeness (QED) is 0.357. The van der Waals surface area contributed by atoms with Crippen molar-refractivity contribution in [2.75, 3.05) is 0 Å². The Balaban J connectivity index is 1.70. The number of fused-ring (bicyclic) bond motifs is 4. The number of rotatable bonds is 2. The lowest BCUT2D eigenvalue weighted by atomic mass is 9.98. The second-order valence-corrected chi connectivity index (χ2v) is 6.48. The summed E-state index contributed by atoms with van der Waals surface area (Å²) >= 11 is 0. The molecule has 25 heavy (non-hydrogen) atoms. The van der Waals surface area contributed by atoms with Gasteiger partial charge in [0.1, 0.15) is 0 Å². The van der Waals surface area contributed by atoms with Gasteiger partial charge in [-0.05, 0) is 27.8 Å². The summed E-state index contributed by atoms with van der Waals surface area (Å²) in [7, 11) is 0. The molecular formula is C24H17N. The van der Waals surface area contributed by atoms with Gasteiger partial charge in [-0.15, -0.1) is 0 Å². The van der Waals surface area contributed by atoms with Crippen molar-refractivity contribution in [1.29, 1.82) is 0 Å². The molecule has 1 heterocycles. The Morgan fingerprint density at radius 2 is 1.24 bits per heavy atom. The highest BCUT2D eigenvalue weighted by molar-refractivity contribution is 6.06. The first-order valence-electron chi connectivity index (χ1n) is 8.62. The molecule has 1 heteroatoms. The van der Waals surface area contributed by atoms with Crippen molar-refractivity contribution >= 4 is 32.4 Å². The maximum atomic E-state index is 4.98. The monoisotopic (exact) mass is 319 g/mol. The number of pyridine rings is 1. The highest BCUT2D eigenvalue weighted by atomic mass is 14.7. The van der Waals surface area contributed by atoms with Crippen LogP contribution in [0.3, 0.4) is 0 Å². The first-order chi connectivity index (χ1) is 12.4. The molecule has 0 atom stereocenters. The van der Waals surface area contributed by atoms with Crippen molar-refractivity contribution < 1.29 is 0 Å². The number of para-hydroxylation sites is 1. The van der Waals surface area contributed by atoms with Gasteiger partial charge in [0.25, 0.3) is 0 Å². The summed E-state index contributed by atoms with van der Waals surface area (Å²) in [6.07, 6.45) is 0.843. The number of aromatic nitrogens is 1. The number of benzene rings is 4. The third-order valence-electron chi connectivity index (χ3n) is 4.87. The predicted molar refractivity (Wildman–Crippen MR) is 106 cm³/mol. The molecule has 0 aliphatic rings. The van der Waals surface area contributed by atoms with E-state index in [1.54, 1.807) is 0 Å². The standard InChI is InChI=1S/C24H17N/c1-2-8-19-15-17(13-14-18(19)7-1)16-24-22-11-4-3-9-20(22)21-10-5-6-12-23(21)25-24/h1-15H,16H2. The first-order valence-corrected chi connectivity index (χ1v) is 8.62. The van der Waals surface area contributed by atoms with Crippen LogP contribution in [0.15, 0.2) is 91.0 Å². The van der Waals surface area contributed by atoms with E-state index < -0.39 is 0 Å². The van der Waals surface area contributed by atoms with Gasteiger partial charge < -0.3 is 0 Å². The molecule has 0 aliphatic heterocycles. The van der Waals surface area contributed by atoms with Crippen LogP contribution in [-0.4, -0.2) is 4.98 Å². The van der Waals surface area contributed by atoms with Crippen LogP contribution in [0.25, 0.3) is 32.4 Å². The second-order valence-electron chi connectivity index (χ2n) is 6.48. The van der Waals surface area contributed by atoms with Gasteiger partial charge in [-0.2, -0.15) is 0 Å². The zero-order valence-corrected chi connectivity index (χ0v) is 13.8. The summed E-state index contributed by atoms with van der Waals surface area (Å²) in [5.74, 6) is 0. The Labute approximate surface area is 146 Å². The Morgan fingerprint density at radius 3 is 2.12 bits per heavy atom. The largest absolute Gasteiger partial charge is 0.252 e. The number of nitrogens with zero attached hydrogens (tertiary/aromatic N) is 1. The zero-order chi connectivity index (χ0) is 16.6. The molecular weight excluding hydrogens is 302 g/mol. The third-order valence-corrected chi connectivity index (χ3v) is 4.87. The summed E-state index contributed by atoms with van der Waals surface area (Å²) < 4.78 is 0. The average Bonchev–Trinajstić information content (AvgIpc) is 2.68. The molecule has 4 aromatic carbocycles. The average molecular weight is 319 g/mol. The fourth-order valence-corrected chi connectivity index (χ4v) is 3.65. The van der Waals surface area contributed by atoms with Gasteiger partial charge in [0.15, 0.2) is 0 Å². The minimum Gasteiger partial charge on any atom is -0.252 e. The van der Waals surface area contributed by atoms with Gasteiger partial charge in [-0.3, -0.25) is 4.98 Å². The molecule has 0 aliphatic carbocycles. The SMILES string of the molecule is c1ccc2cc(Cc3nc4ccccc4c4ccccc34)ccc2c1. The summed E-state index contributed by atoms with van der Waals surface area (Å²) in [5, 5.41) is 6.31. The minimum absolute atomic E-state index is 0.843. The van der Waals surface area contributed by atoms with Gasteiger partial charge >= 0.3 is 0 Å². The van der Waals surface area contributed by atoms with Crippen LogP contribution < -0.4 is 0 Å². The van der Waals surface area contributed by atoms with Crippen LogP contribution in [0, 0.1) is 0 Å². The van der Waals surface area contributed by atoms with Gasteiger partial charge in [-0.25, -0.2) is 0 Å². The van der Waals surface area contributed by atoms with Crippen LogP contribution in [0.5, 0.6) is 0 Å². The van der Waals surface area contributed by atoms with Crippen molar-refractivity contribution in [2.45, 2.75) is 6.42 Å². The Morgan fingerprint density at radius 1 is 0.560 bits per heavy atom. The van der Waals surface area contributed by atoms with Gasteiger partial charge in [0, 0.05) is 17.2 Å². The van der Waals surface area contributed by atoms with Gasteiger partial charge in [0.2, 0.25) is 0 Å². The van der Waals surface area contributed by atoms with Crippen LogP contribution >= 0.6 is 0 Å². The molecule has 0 saturated carbocycles. The fraction of sp³-hybridized carbons (Fsp3) is 0.0417. The van der Waals surface area contributed by atoms with Crippen molar-refractivity contribution in [3.8, 4) is 0 Å². The molecule has 0 spiro atoms. The number of hydrogen-bond donors (Lipinski definition) is 0. The van der Waals surface area contributed by atoms with Crippen LogP contribution in [-0.2, 0) is 6.42 Å². The van der Waals surface area contributed by atoms with E-state index in [0.29, 0.717) is 0 Å². The van der Waals surface area contributed by atoms with Crippen molar-refractivity contribution in [2.24, 2.45) is 0 Å². The van der Waals surface area contributed by atoms with Crippen molar-refractivity contribution in [3.05, 3.63) is 102 Å². The predicted octanol–water partition coefficient (Wildman–Crippen LogP) is 6.13. The second kappa shape index (κ2) is 5.71. The number of hydrogen-bond acceptors (Lipinski definition) is 1. The van der Waals surface area contributed by atoms with E-state index in [-0.39, 0.29) is 0 Å². The zero-order valence-electron chi connectivity index (χ0n) is 13.8. The highest BCUT2D eigenvalue weighted by Gasteiger charge is 2.08. The molecule has 0 bridgehead atoms. The van der Waals surface area contributed by atoms with Gasteiger partial charge in [-0.1, -0.05) is 84.9 Å². The molecule has 0 N–H and O–H groups in total. The van der Waals surface area contributed by atoms with Crippen molar-refractivity contribution in [3.63, 3.8) is 0 Å². The summed E-state index contributed by atoms with van der Waals surface area (Å²) in [4.78, 5) is 4.98. The lowest BCUT2D eigenvalue weighted by Crippen LogP contribution is -1.95. The molecule has 0 saturated heterocycles. The third kappa shape index (κ3) is 2.45. The van der Waals surface area contributed by atoms with E-state index >= 15 is 0 Å². The van der Waals surface area contributed by atoms with Crippen LogP contribution in [0.2, 0.25) is 0 Å². The molecule has 118 valence electrons. The Hall–Kier alpha value is -3.19. The smallest absolute Gasteiger partial charge is 0.0711 e. The van der Waals surface area contributed by atoms with Gasteiger partial charge in [0.05, 0.1) is 11.2 Å². The van der Waals surface area contributed by atoms with E-state index in [2.05, 4.69) is 91.0 Å². The topological polar surface area (TPSA) is 12.9 Å². The van der Waals surface area contributed by atoms with Crippen molar-refractivity contribution in [1.82, 2.24) is 4.98 Å². The summed E-state index contributed by atoms with van der Waals surface area (Å²) in [5.41, 5.74) is 3.51. The maximum Gasteiger partial charge on any atom is 0.0711 e. The Kier molecular flexibility index (Phi) is 3.24. The maximum absolute atomic E-state index is 4.98. The van der Waals surface area contributed by atoms with E-state index in [1.807, 2.05) is 0 Å². The fourth-order valence-electron chi connectivity index (χ4n) is 3.65. The van der Waals surface area contributed by atoms with Crippen LogP contribution in [0.4, 0.5) is 0 Å². The molecule has 0 radical (unpaired) electrons. The molecule has 1 aromatic heterocycles. The molecule has 5 rings (SSSR count). The Bertz CT molecular complexity index is 1220. The summed E-state index contributed by atoms with van der Waals surface area (Å²) in [6.45, 7) is 0. The summed E-state index contributed by atoms with van der Waals surface area (Å²) in [6, 6.07) is 32.2. The normalized spacial score (nSPS) is 11.4. The molecule has 0 amide bonds. The lowest BCUT2D eigenvalue weighted by Gasteiger charge is -2.10. The molecule has 1 nitrogen and oxygen atoms in total. The molecule has 5 aromatic rings. The lowest BCUT2D eigenvalue weighted by molar-refractivity contribution is 1.13. The van der Waals surface area contributed by atoms with E-state index in [0.717, 1.165) is 17.6 Å².